The lowest BCUT2D eigenvalue weighted by atomic mass is 9.93. The molecule has 11 rings (SSSR count). The van der Waals surface area contributed by atoms with Crippen molar-refractivity contribution < 1.29 is 0 Å². The van der Waals surface area contributed by atoms with Crippen LogP contribution in [0.3, 0.4) is 0 Å². The molecule has 2 aliphatic carbocycles. The molecule has 270 valence electrons. The van der Waals surface area contributed by atoms with Gasteiger partial charge in [0.05, 0.1) is 27.2 Å². The first kappa shape index (κ1) is 33.6. The maximum atomic E-state index is 2.60. The molecule has 0 aliphatic heterocycles. The van der Waals surface area contributed by atoms with Gasteiger partial charge in [-0.15, -0.1) is 0 Å². The van der Waals surface area contributed by atoms with Crippen LogP contribution in [0.1, 0.15) is 11.1 Å². The molecular formula is C53H45NSi2. The zero-order chi connectivity index (χ0) is 38.1. The van der Waals surface area contributed by atoms with E-state index >= 15 is 0 Å². The van der Waals surface area contributed by atoms with Crippen molar-refractivity contribution in [3.8, 4) is 61.3 Å². The number of hydrogen-bond acceptors (Lipinski definition) is 0. The molecule has 0 spiro atoms. The molecule has 0 fully saturated rings. The van der Waals surface area contributed by atoms with Gasteiger partial charge in [-0.2, -0.15) is 0 Å². The van der Waals surface area contributed by atoms with Gasteiger partial charge < -0.3 is 4.57 Å². The standard InChI is InChI=1S/C53H45NSi2/c1-55(2,3)53(56(4,5)6)48-21-12-10-17-40(48)46-32-35(24-29-49(46)53)34-23-26-39-44-28-27-38(42-19-14-20-43(52(42)44)45(39)31-34)36-25-30-51-47(33-36)41-18-11-13-22-50(41)54(51)37-15-8-7-9-16-37/h7-33H,1-6H3. The fourth-order valence-electron chi connectivity index (χ4n) is 11.5. The van der Waals surface area contributed by atoms with Gasteiger partial charge in [0, 0.05) is 21.1 Å². The average molecular weight is 752 g/mol. The van der Waals surface area contributed by atoms with Crippen LogP contribution in [0.2, 0.25) is 39.3 Å². The third kappa shape index (κ3) is 4.41. The Morgan fingerprint density at radius 1 is 0.357 bits per heavy atom. The maximum absolute atomic E-state index is 2.60. The molecule has 56 heavy (non-hydrogen) atoms. The van der Waals surface area contributed by atoms with E-state index in [9.17, 15) is 0 Å². The molecular weight excluding hydrogens is 707 g/mol. The van der Waals surface area contributed by atoms with E-state index in [1.807, 2.05) is 0 Å². The van der Waals surface area contributed by atoms with Crippen LogP contribution in [-0.2, 0) is 4.66 Å². The second-order valence-corrected chi connectivity index (χ2v) is 29.1. The summed E-state index contributed by atoms with van der Waals surface area (Å²) in [5.74, 6) is 0. The lowest BCUT2D eigenvalue weighted by Gasteiger charge is -2.51. The fraction of sp³-hybridized carbons (Fsp3) is 0.132. The topological polar surface area (TPSA) is 4.93 Å². The van der Waals surface area contributed by atoms with Gasteiger partial charge in [-0.25, -0.2) is 0 Å². The summed E-state index contributed by atoms with van der Waals surface area (Å²) in [5.41, 5.74) is 20.2. The summed E-state index contributed by atoms with van der Waals surface area (Å²) in [6.45, 7) is 15.6. The molecule has 0 unspecified atom stereocenters. The molecule has 0 saturated carbocycles. The molecule has 8 aromatic carbocycles. The third-order valence-corrected chi connectivity index (χ3v) is 23.3. The molecule has 0 radical (unpaired) electrons. The minimum atomic E-state index is -1.69. The van der Waals surface area contributed by atoms with Gasteiger partial charge in [0.2, 0.25) is 0 Å². The quantitative estimate of drug-likeness (QED) is 0.154. The minimum Gasteiger partial charge on any atom is -0.309 e. The smallest absolute Gasteiger partial charge is 0.0579 e. The Hall–Kier alpha value is -5.75. The lowest BCUT2D eigenvalue weighted by molar-refractivity contribution is 0.952. The Morgan fingerprint density at radius 2 is 0.929 bits per heavy atom. The first-order chi connectivity index (χ1) is 27.1. The monoisotopic (exact) mass is 751 g/mol. The molecule has 0 bridgehead atoms. The number of nitrogens with zero attached hydrogens (tertiary/aromatic N) is 1. The summed E-state index contributed by atoms with van der Waals surface area (Å²) < 4.78 is 2.56. The maximum Gasteiger partial charge on any atom is 0.0579 e. The summed E-state index contributed by atoms with van der Waals surface area (Å²) in [4.78, 5) is 0. The Kier molecular flexibility index (Phi) is 6.98. The number of rotatable bonds is 5. The van der Waals surface area contributed by atoms with Crippen LogP contribution in [0.5, 0.6) is 0 Å². The molecule has 0 atom stereocenters. The van der Waals surface area contributed by atoms with Gasteiger partial charge in [0.25, 0.3) is 0 Å². The fourth-order valence-corrected chi connectivity index (χ4v) is 24.6. The van der Waals surface area contributed by atoms with Crippen LogP contribution < -0.4 is 0 Å². The van der Waals surface area contributed by atoms with Crippen molar-refractivity contribution in [2.45, 2.75) is 43.9 Å². The second-order valence-electron chi connectivity index (χ2n) is 18.1. The van der Waals surface area contributed by atoms with Gasteiger partial charge in [-0.1, -0.05) is 161 Å². The van der Waals surface area contributed by atoms with Gasteiger partial charge in [-0.05, 0) is 120 Å². The van der Waals surface area contributed by atoms with Crippen LogP contribution in [0.4, 0.5) is 0 Å². The number of benzene rings is 8. The number of para-hydroxylation sites is 2. The highest BCUT2D eigenvalue weighted by Gasteiger charge is 2.59. The number of fused-ring (bicyclic) bond motifs is 9. The van der Waals surface area contributed by atoms with Gasteiger partial charge in [0.15, 0.2) is 0 Å². The van der Waals surface area contributed by atoms with E-state index in [2.05, 4.69) is 208 Å². The van der Waals surface area contributed by atoms with Gasteiger partial charge in [-0.3, -0.25) is 0 Å². The van der Waals surface area contributed by atoms with Gasteiger partial charge in [0.1, 0.15) is 0 Å². The van der Waals surface area contributed by atoms with E-state index in [4.69, 9.17) is 0 Å². The highest BCUT2D eigenvalue weighted by Crippen LogP contribution is 2.58. The Bertz CT molecular complexity index is 3080. The first-order valence-electron chi connectivity index (χ1n) is 20.1. The van der Waals surface area contributed by atoms with Crippen LogP contribution in [0.25, 0.3) is 93.9 Å². The molecule has 0 amide bonds. The van der Waals surface area contributed by atoms with E-state index in [1.54, 1.807) is 11.1 Å². The molecule has 3 heteroatoms. The molecule has 1 aromatic heterocycles. The van der Waals surface area contributed by atoms with Crippen LogP contribution in [0.15, 0.2) is 164 Å². The SMILES string of the molecule is C[Si](C)(C)C1([Si](C)(C)C)c2ccccc2-c2cc(-c3ccc4c(c3)-c3cccc5c(-c6ccc7c(c6)c6ccccc6n7-c6ccccc6)ccc-4c35)ccc21. The Labute approximate surface area is 331 Å². The Morgan fingerprint density at radius 3 is 1.73 bits per heavy atom. The van der Waals surface area contributed by atoms with Crippen LogP contribution in [0, 0.1) is 0 Å². The zero-order valence-corrected chi connectivity index (χ0v) is 35.0. The molecule has 1 nitrogen and oxygen atoms in total. The van der Waals surface area contributed by atoms with Crippen molar-refractivity contribution in [2.75, 3.05) is 0 Å². The summed E-state index contributed by atoms with van der Waals surface area (Å²) >= 11 is 0. The van der Waals surface area contributed by atoms with E-state index < -0.39 is 16.1 Å². The molecule has 0 saturated heterocycles. The van der Waals surface area contributed by atoms with Crippen molar-refractivity contribution in [1.29, 1.82) is 0 Å². The second kappa shape index (κ2) is 11.6. The Balaban J connectivity index is 1.04. The highest BCUT2D eigenvalue weighted by molar-refractivity contribution is 6.99. The number of hydrogen-bond donors (Lipinski definition) is 0. The van der Waals surface area contributed by atoms with E-state index in [0.717, 1.165) is 0 Å². The van der Waals surface area contributed by atoms with E-state index in [-0.39, 0.29) is 4.66 Å². The number of aromatic nitrogens is 1. The third-order valence-electron chi connectivity index (χ3n) is 13.3. The van der Waals surface area contributed by atoms with E-state index in [1.165, 1.54) is 93.9 Å². The molecule has 2 aliphatic rings. The summed E-state index contributed by atoms with van der Waals surface area (Å²) in [6.07, 6.45) is 0. The predicted molar refractivity (Wildman–Crippen MR) is 246 cm³/mol. The minimum absolute atomic E-state index is 0.168. The lowest BCUT2D eigenvalue weighted by Crippen LogP contribution is -2.63. The summed E-state index contributed by atoms with van der Waals surface area (Å²) in [6, 6.07) is 62.2. The largest absolute Gasteiger partial charge is 0.309 e. The van der Waals surface area contributed by atoms with Gasteiger partial charge >= 0.3 is 0 Å². The average Bonchev–Trinajstić information content (AvgIpc) is 3.83. The molecule has 9 aromatic rings. The predicted octanol–water partition coefficient (Wildman–Crippen LogP) is 14.9. The van der Waals surface area contributed by atoms with Crippen LogP contribution >= 0.6 is 0 Å². The van der Waals surface area contributed by atoms with Crippen molar-refractivity contribution in [3.05, 3.63) is 175 Å². The molecule has 0 N–H and O–H groups in total. The first-order valence-corrected chi connectivity index (χ1v) is 27.1. The normalized spacial score (nSPS) is 14.0. The van der Waals surface area contributed by atoms with Crippen molar-refractivity contribution >= 4 is 48.7 Å². The summed E-state index contributed by atoms with van der Waals surface area (Å²) in [5, 5.41) is 5.23. The van der Waals surface area contributed by atoms with Crippen molar-refractivity contribution in [2.24, 2.45) is 0 Å². The van der Waals surface area contributed by atoms with Crippen LogP contribution in [-0.4, -0.2) is 20.7 Å². The summed E-state index contributed by atoms with van der Waals surface area (Å²) in [7, 11) is -3.39. The van der Waals surface area contributed by atoms with E-state index in [0.29, 0.717) is 0 Å². The molecule has 1 heterocycles. The highest BCUT2D eigenvalue weighted by atomic mass is 28.4. The van der Waals surface area contributed by atoms with Crippen molar-refractivity contribution in [1.82, 2.24) is 4.57 Å². The zero-order valence-electron chi connectivity index (χ0n) is 33.0. The van der Waals surface area contributed by atoms with Crippen molar-refractivity contribution in [3.63, 3.8) is 0 Å².